The predicted molar refractivity (Wildman–Crippen MR) is 85.6 cm³/mol. The van der Waals surface area contributed by atoms with Crippen LogP contribution >= 0.6 is 0 Å². The lowest BCUT2D eigenvalue weighted by molar-refractivity contribution is 0.151. The van der Waals surface area contributed by atoms with E-state index in [1.165, 1.54) is 68.9 Å². The highest BCUT2D eigenvalue weighted by Gasteiger charge is 2.40. The summed E-state index contributed by atoms with van der Waals surface area (Å²) in [5.41, 5.74) is 10.00. The summed E-state index contributed by atoms with van der Waals surface area (Å²) in [5.74, 6) is 1.60. The van der Waals surface area contributed by atoms with Gasteiger partial charge in [0.25, 0.3) is 0 Å². The highest BCUT2D eigenvalue weighted by atomic mass is 14.8. The average molecular weight is 271 g/mol. The van der Waals surface area contributed by atoms with Crippen molar-refractivity contribution in [2.45, 2.75) is 70.3 Å². The molecule has 110 valence electrons. The van der Waals surface area contributed by atoms with Crippen LogP contribution < -0.4 is 5.73 Å². The molecule has 0 bridgehead atoms. The van der Waals surface area contributed by atoms with Gasteiger partial charge in [0, 0.05) is 5.54 Å². The minimum absolute atomic E-state index is 0.0546. The molecule has 3 unspecified atom stereocenters. The Labute approximate surface area is 124 Å². The summed E-state index contributed by atoms with van der Waals surface area (Å²) in [5, 5.41) is 0. The summed E-state index contributed by atoms with van der Waals surface area (Å²) in [7, 11) is 0. The minimum atomic E-state index is -0.0546. The summed E-state index contributed by atoms with van der Waals surface area (Å²) < 4.78 is 0. The fourth-order valence-corrected chi connectivity index (χ4v) is 4.61. The molecule has 0 spiro atoms. The zero-order chi connectivity index (χ0) is 14.0. The fourth-order valence-electron chi connectivity index (χ4n) is 4.61. The normalized spacial score (nSPS) is 34.3. The Balaban J connectivity index is 1.93. The second-order valence-corrected chi connectivity index (χ2v) is 7.04. The monoisotopic (exact) mass is 271 g/mol. The van der Waals surface area contributed by atoms with Crippen molar-refractivity contribution in [1.82, 2.24) is 0 Å². The summed E-state index contributed by atoms with van der Waals surface area (Å²) >= 11 is 0. The lowest BCUT2D eigenvalue weighted by Gasteiger charge is -2.43. The molecule has 0 aromatic heterocycles. The van der Waals surface area contributed by atoms with Crippen molar-refractivity contribution in [2.24, 2.45) is 17.6 Å². The van der Waals surface area contributed by atoms with Crippen molar-refractivity contribution >= 4 is 0 Å². The zero-order valence-electron chi connectivity index (χ0n) is 12.9. The van der Waals surface area contributed by atoms with Crippen LogP contribution in [0.3, 0.4) is 0 Å². The van der Waals surface area contributed by atoms with Gasteiger partial charge in [-0.2, -0.15) is 0 Å². The van der Waals surface area contributed by atoms with Crippen LogP contribution in [0.5, 0.6) is 0 Å². The van der Waals surface area contributed by atoms with Crippen molar-refractivity contribution in [2.75, 3.05) is 0 Å². The molecule has 1 nitrogen and oxygen atoms in total. The highest BCUT2D eigenvalue weighted by molar-refractivity contribution is 5.35. The van der Waals surface area contributed by atoms with E-state index in [1.54, 1.807) is 0 Å². The zero-order valence-corrected chi connectivity index (χ0v) is 12.9. The first kappa shape index (κ1) is 14.1. The SMILES string of the molecule is CCC1CCCC(C2(N)CCCCc3ccccc32)C1. The van der Waals surface area contributed by atoms with Gasteiger partial charge in [0.05, 0.1) is 0 Å². The molecular formula is C19H29N. The Bertz CT molecular complexity index is 453. The molecule has 0 saturated heterocycles. The van der Waals surface area contributed by atoms with E-state index < -0.39 is 0 Å². The van der Waals surface area contributed by atoms with Gasteiger partial charge in [0.1, 0.15) is 0 Å². The molecule has 0 heterocycles. The van der Waals surface area contributed by atoms with E-state index in [2.05, 4.69) is 31.2 Å². The first-order valence-electron chi connectivity index (χ1n) is 8.61. The third kappa shape index (κ3) is 2.53. The molecule has 1 fully saturated rings. The Morgan fingerprint density at radius 3 is 2.85 bits per heavy atom. The van der Waals surface area contributed by atoms with Crippen molar-refractivity contribution in [3.05, 3.63) is 35.4 Å². The number of benzene rings is 1. The summed E-state index contributed by atoms with van der Waals surface area (Å²) in [6.07, 6.45) is 11.8. The van der Waals surface area contributed by atoms with Crippen LogP contribution in [-0.2, 0) is 12.0 Å². The van der Waals surface area contributed by atoms with Gasteiger partial charge >= 0.3 is 0 Å². The Hall–Kier alpha value is -0.820. The quantitative estimate of drug-likeness (QED) is 0.769. The van der Waals surface area contributed by atoms with Gasteiger partial charge in [0.2, 0.25) is 0 Å². The average Bonchev–Trinajstić information content (AvgIpc) is 2.68. The van der Waals surface area contributed by atoms with E-state index in [9.17, 15) is 0 Å². The van der Waals surface area contributed by atoms with Crippen molar-refractivity contribution in [3.8, 4) is 0 Å². The Kier molecular flexibility index (Phi) is 4.16. The van der Waals surface area contributed by atoms with Crippen LogP contribution in [0.4, 0.5) is 0 Å². The Morgan fingerprint density at radius 1 is 1.15 bits per heavy atom. The second-order valence-electron chi connectivity index (χ2n) is 7.04. The number of hydrogen-bond donors (Lipinski definition) is 1. The fraction of sp³-hybridized carbons (Fsp3) is 0.684. The molecule has 2 N–H and O–H groups in total. The number of aryl methyl sites for hydroxylation is 1. The molecule has 1 aromatic rings. The van der Waals surface area contributed by atoms with Crippen LogP contribution in [0.1, 0.15) is 69.4 Å². The molecule has 0 amide bonds. The van der Waals surface area contributed by atoms with Gasteiger partial charge in [-0.15, -0.1) is 0 Å². The maximum Gasteiger partial charge on any atom is 0.0441 e. The molecule has 1 saturated carbocycles. The number of rotatable bonds is 2. The van der Waals surface area contributed by atoms with Gasteiger partial charge in [-0.25, -0.2) is 0 Å². The topological polar surface area (TPSA) is 26.0 Å². The molecule has 0 aliphatic heterocycles. The number of hydrogen-bond acceptors (Lipinski definition) is 1. The van der Waals surface area contributed by atoms with Gasteiger partial charge in [0.15, 0.2) is 0 Å². The van der Waals surface area contributed by atoms with Crippen molar-refractivity contribution < 1.29 is 0 Å². The largest absolute Gasteiger partial charge is 0.321 e. The van der Waals surface area contributed by atoms with Crippen LogP contribution in [0.2, 0.25) is 0 Å². The molecule has 20 heavy (non-hydrogen) atoms. The maximum atomic E-state index is 7.06. The lowest BCUT2D eigenvalue weighted by atomic mass is 9.66. The van der Waals surface area contributed by atoms with E-state index in [4.69, 9.17) is 5.73 Å². The van der Waals surface area contributed by atoms with Crippen molar-refractivity contribution in [3.63, 3.8) is 0 Å². The lowest BCUT2D eigenvalue weighted by Crippen LogP contribution is -2.46. The third-order valence-electron chi connectivity index (χ3n) is 5.89. The Morgan fingerprint density at radius 2 is 2.00 bits per heavy atom. The number of fused-ring (bicyclic) bond motifs is 1. The van der Waals surface area contributed by atoms with Crippen LogP contribution in [-0.4, -0.2) is 0 Å². The first-order chi connectivity index (χ1) is 9.74. The van der Waals surface area contributed by atoms with Gasteiger partial charge in [-0.3, -0.25) is 0 Å². The first-order valence-corrected chi connectivity index (χ1v) is 8.61. The van der Waals surface area contributed by atoms with Gasteiger partial charge in [-0.1, -0.05) is 56.9 Å². The van der Waals surface area contributed by atoms with E-state index in [0.29, 0.717) is 5.92 Å². The number of nitrogens with two attached hydrogens (primary N) is 1. The second kappa shape index (κ2) is 5.89. The van der Waals surface area contributed by atoms with Crippen LogP contribution in [0.15, 0.2) is 24.3 Å². The summed E-state index contributed by atoms with van der Waals surface area (Å²) in [4.78, 5) is 0. The summed E-state index contributed by atoms with van der Waals surface area (Å²) in [6.45, 7) is 2.34. The van der Waals surface area contributed by atoms with Crippen LogP contribution in [0, 0.1) is 11.8 Å². The maximum absolute atomic E-state index is 7.06. The predicted octanol–water partition coefficient (Wildman–Crippen LogP) is 4.78. The van der Waals surface area contributed by atoms with E-state index in [1.807, 2.05) is 0 Å². The molecule has 2 aliphatic rings. The van der Waals surface area contributed by atoms with Crippen LogP contribution in [0.25, 0.3) is 0 Å². The summed E-state index contributed by atoms with van der Waals surface area (Å²) in [6, 6.07) is 8.99. The molecule has 0 radical (unpaired) electrons. The molecule has 2 aliphatic carbocycles. The van der Waals surface area contributed by atoms with E-state index in [0.717, 1.165) is 5.92 Å². The van der Waals surface area contributed by atoms with Gasteiger partial charge in [-0.05, 0) is 55.1 Å². The molecule has 3 atom stereocenters. The molecule has 1 aromatic carbocycles. The van der Waals surface area contributed by atoms with Crippen molar-refractivity contribution in [1.29, 1.82) is 0 Å². The molecule has 1 heteroatoms. The standard InChI is InChI=1S/C19H29N/c1-2-15-8-7-11-17(14-15)19(20)13-6-5-10-16-9-3-4-12-18(16)19/h3-4,9,12,15,17H,2,5-8,10-11,13-14,20H2,1H3. The highest BCUT2D eigenvalue weighted by Crippen LogP contribution is 2.45. The molecule has 3 rings (SSSR count). The van der Waals surface area contributed by atoms with E-state index in [-0.39, 0.29) is 5.54 Å². The smallest absolute Gasteiger partial charge is 0.0441 e. The van der Waals surface area contributed by atoms with Gasteiger partial charge < -0.3 is 5.73 Å². The minimum Gasteiger partial charge on any atom is -0.321 e. The molecular weight excluding hydrogens is 242 g/mol. The third-order valence-corrected chi connectivity index (χ3v) is 5.89. The van der Waals surface area contributed by atoms with E-state index >= 15 is 0 Å².